The molecule has 0 aliphatic carbocycles. The van der Waals surface area contributed by atoms with Crippen molar-refractivity contribution < 1.29 is 4.52 Å². The summed E-state index contributed by atoms with van der Waals surface area (Å²) >= 11 is 0. The third kappa shape index (κ3) is 2.66. The normalized spacial score (nSPS) is 11.7. The van der Waals surface area contributed by atoms with Gasteiger partial charge in [0.25, 0.3) is 0 Å². The summed E-state index contributed by atoms with van der Waals surface area (Å²) in [6.07, 6.45) is 4.22. The molecule has 0 N–H and O–H groups in total. The highest BCUT2D eigenvalue weighted by Gasteiger charge is 2.16. The maximum absolute atomic E-state index is 5.21. The number of hydrogen-bond acceptors (Lipinski definition) is 4. The molecule has 0 saturated heterocycles. The van der Waals surface area contributed by atoms with Crippen LogP contribution in [-0.2, 0) is 6.42 Å². The number of hydrogen-bond donors (Lipinski definition) is 0. The molecule has 0 atom stereocenters. The molecule has 0 bridgehead atoms. The van der Waals surface area contributed by atoms with Gasteiger partial charge in [0.15, 0.2) is 0 Å². The van der Waals surface area contributed by atoms with E-state index in [1.807, 2.05) is 12.1 Å². The minimum Gasteiger partial charge on any atom is -0.339 e. The molecule has 0 aromatic carbocycles. The summed E-state index contributed by atoms with van der Waals surface area (Å²) in [6.45, 7) is 6.43. The molecule has 0 amide bonds. The van der Waals surface area contributed by atoms with Gasteiger partial charge in [0.2, 0.25) is 11.7 Å². The molecule has 2 heterocycles. The van der Waals surface area contributed by atoms with Crippen LogP contribution in [0, 0.1) is 5.41 Å². The maximum Gasteiger partial charge on any atom is 0.227 e. The summed E-state index contributed by atoms with van der Waals surface area (Å²) in [5, 5.41) is 3.96. The number of aromatic nitrogens is 3. The van der Waals surface area contributed by atoms with Crippen molar-refractivity contribution in [3.63, 3.8) is 0 Å². The Bertz CT molecular complexity index is 457. The molecular formula is C12H15N3O. The molecule has 4 heteroatoms. The Labute approximate surface area is 94.7 Å². The van der Waals surface area contributed by atoms with E-state index in [9.17, 15) is 0 Å². The summed E-state index contributed by atoms with van der Waals surface area (Å²) in [5.41, 5.74) is 1.08. The Balaban J connectivity index is 2.21. The number of pyridine rings is 1. The molecule has 0 unspecified atom stereocenters. The molecule has 0 spiro atoms. The van der Waals surface area contributed by atoms with Crippen molar-refractivity contribution in [2.45, 2.75) is 27.2 Å². The summed E-state index contributed by atoms with van der Waals surface area (Å²) in [7, 11) is 0. The molecule has 0 aliphatic rings. The van der Waals surface area contributed by atoms with Gasteiger partial charge in [-0.2, -0.15) is 4.98 Å². The molecule has 16 heavy (non-hydrogen) atoms. The van der Waals surface area contributed by atoms with Gasteiger partial charge in [0.05, 0.1) is 0 Å². The zero-order chi connectivity index (χ0) is 11.6. The van der Waals surface area contributed by atoms with Gasteiger partial charge in [0.1, 0.15) is 0 Å². The first-order valence-electron chi connectivity index (χ1n) is 5.28. The average Bonchev–Trinajstić information content (AvgIpc) is 2.65. The van der Waals surface area contributed by atoms with Crippen molar-refractivity contribution in [2.75, 3.05) is 0 Å². The maximum atomic E-state index is 5.21. The van der Waals surface area contributed by atoms with Crippen LogP contribution < -0.4 is 0 Å². The summed E-state index contributed by atoms with van der Waals surface area (Å²) in [4.78, 5) is 8.31. The van der Waals surface area contributed by atoms with Crippen LogP contribution >= 0.6 is 0 Å². The highest BCUT2D eigenvalue weighted by atomic mass is 16.5. The second-order valence-electron chi connectivity index (χ2n) is 4.99. The topological polar surface area (TPSA) is 51.8 Å². The van der Waals surface area contributed by atoms with Crippen LogP contribution in [0.3, 0.4) is 0 Å². The van der Waals surface area contributed by atoms with Crippen LogP contribution in [0.15, 0.2) is 29.0 Å². The summed E-state index contributed by atoms with van der Waals surface area (Å²) < 4.78 is 5.21. The second kappa shape index (κ2) is 4.04. The van der Waals surface area contributed by atoms with Gasteiger partial charge < -0.3 is 4.52 Å². The Morgan fingerprint density at radius 1 is 1.19 bits per heavy atom. The van der Waals surface area contributed by atoms with E-state index in [0.717, 1.165) is 12.0 Å². The number of nitrogens with zero attached hydrogens (tertiary/aromatic N) is 3. The highest BCUT2D eigenvalue weighted by molar-refractivity contribution is 5.52. The van der Waals surface area contributed by atoms with Gasteiger partial charge in [-0.25, -0.2) is 0 Å². The lowest BCUT2D eigenvalue weighted by atomic mass is 9.92. The van der Waals surface area contributed by atoms with Crippen LogP contribution in [0.4, 0.5) is 0 Å². The molecule has 0 radical (unpaired) electrons. The first-order valence-corrected chi connectivity index (χ1v) is 5.28. The minimum atomic E-state index is 0.155. The molecule has 2 aromatic heterocycles. The molecule has 0 saturated carbocycles. The van der Waals surface area contributed by atoms with Crippen molar-refractivity contribution in [1.82, 2.24) is 15.1 Å². The highest BCUT2D eigenvalue weighted by Crippen LogP contribution is 2.21. The van der Waals surface area contributed by atoms with E-state index >= 15 is 0 Å². The van der Waals surface area contributed by atoms with Crippen molar-refractivity contribution in [1.29, 1.82) is 0 Å². The van der Waals surface area contributed by atoms with Gasteiger partial charge in [0, 0.05) is 24.4 Å². The molecule has 0 aliphatic heterocycles. The van der Waals surface area contributed by atoms with Crippen molar-refractivity contribution in [3.8, 4) is 11.4 Å². The van der Waals surface area contributed by atoms with E-state index in [2.05, 4.69) is 35.9 Å². The van der Waals surface area contributed by atoms with Gasteiger partial charge in [-0.3, -0.25) is 4.98 Å². The molecule has 0 fully saturated rings. The monoisotopic (exact) mass is 217 g/mol. The van der Waals surface area contributed by atoms with Crippen LogP contribution in [0.25, 0.3) is 11.4 Å². The predicted octanol–water partition coefficient (Wildman–Crippen LogP) is 2.72. The van der Waals surface area contributed by atoms with Crippen molar-refractivity contribution in [3.05, 3.63) is 30.4 Å². The Kier molecular flexibility index (Phi) is 2.73. The Morgan fingerprint density at radius 3 is 2.50 bits per heavy atom. The lowest BCUT2D eigenvalue weighted by Gasteiger charge is -2.13. The molecular weight excluding hydrogens is 202 g/mol. The fraction of sp³-hybridized carbons (Fsp3) is 0.417. The molecule has 2 aromatic rings. The third-order valence-corrected chi connectivity index (χ3v) is 2.09. The smallest absolute Gasteiger partial charge is 0.227 e. The first kappa shape index (κ1) is 10.8. The van der Waals surface area contributed by atoms with Crippen molar-refractivity contribution >= 4 is 0 Å². The SMILES string of the molecule is CC(C)(C)Cc1nc(-c2ccncc2)no1. The van der Waals surface area contributed by atoms with Crippen molar-refractivity contribution in [2.24, 2.45) is 5.41 Å². The lowest BCUT2D eigenvalue weighted by molar-refractivity contribution is 0.314. The van der Waals surface area contributed by atoms with Crippen LogP contribution in [0.2, 0.25) is 0 Å². The molecule has 84 valence electrons. The van der Waals surface area contributed by atoms with Crippen LogP contribution in [0.5, 0.6) is 0 Å². The van der Waals surface area contributed by atoms with Gasteiger partial charge in [-0.15, -0.1) is 0 Å². The largest absolute Gasteiger partial charge is 0.339 e. The van der Waals surface area contributed by atoms with E-state index in [-0.39, 0.29) is 5.41 Å². The second-order valence-corrected chi connectivity index (χ2v) is 4.99. The zero-order valence-corrected chi connectivity index (χ0v) is 9.77. The summed E-state index contributed by atoms with van der Waals surface area (Å²) in [6, 6.07) is 3.73. The Hall–Kier alpha value is -1.71. The van der Waals surface area contributed by atoms with Crippen LogP contribution in [0.1, 0.15) is 26.7 Å². The van der Waals surface area contributed by atoms with E-state index in [1.165, 1.54) is 0 Å². The van der Waals surface area contributed by atoms with E-state index in [0.29, 0.717) is 11.7 Å². The van der Waals surface area contributed by atoms with Gasteiger partial charge >= 0.3 is 0 Å². The van der Waals surface area contributed by atoms with Gasteiger partial charge in [-0.1, -0.05) is 25.9 Å². The third-order valence-electron chi connectivity index (χ3n) is 2.09. The van der Waals surface area contributed by atoms with E-state index < -0.39 is 0 Å². The molecule has 4 nitrogen and oxygen atoms in total. The lowest BCUT2D eigenvalue weighted by Crippen LogP contribution is -2.09. The van der Waals surface area contributed by atoms with Gasteiger partial charge in [-0.05, 0) is 17.5 Å². The minimum absolute atomic E-state index is 0.155. The van der Waals surface area contributed by atoms with E-state index in [1.54, 1.807) is 12.4 Å². The first-order chi connectivity index (χ1) is 7.54. The molecule has 2 rings (SSSR count). The fourth-order valence-corrected chi connectivity index (χ4v) is 1.40. The fourth-order valence-electron chi connectivity index (χ4n) is 1.40. The Morgan fingerprint density at radius 2 is 1.88 bits per heavy atom. The zero-order valence-electron chi connectivity index (χ0n) is 9.77. The average molecular weight is 217 g/mol. The predicted molar refractivity (Wildman–Crippen MR) is 60.7 cm³/mol. The van der Waals surface area contributed by atoms with Crippen LogP contribution in [-0.4, -0.2) is 15.1 Å². The number of rotatable bonds is 2. The standard InChI is InChI=1S/C12H15N3O/c1-12(2,3)8-10-14-11(15-16-10)9-4-6-13-7-5-9/h4-7H,8H2,1-3H3. The van der Waals surface area contributed by atoms with E-state index in [4.69, 9.17) is 4.52 Å². The summed E-state index contributed by atoms with van der Waals surface area (Å²) in [5.74, 6) is 1.31. The quantitative estimate of drug-likeness (QED) is 0.776.